The number of hydrogen-bond acceptors (Lipinski definition) is 6. The number of rotatable bonds is 7. The van der Waals surface area contributed by atoms with E-state index in [4.69, 9.17) is 4.74 Å². The van der Waals surface area contributed by atoms with E-state index in [1.165, 1.54) is 0 Å². The van der Waals surface area contributed by atoms with Crippen LogP contribution in [-0.4, -0.2) is 67.2 Å². The van der Waals surface area contributed by atoms with Crippen molar-refractivity contribution in [2.75, 3.05) is 51.3 Å². The number of carbonyl (C=O) groups excluding carboxylic acids is 1. The smallest absolute Gasteiger partial charge is 0.271 e. The summed E-state index contributed by atoms with van der Waals surface area (Å²) in [6, 6.07) is 7.84. The molecule has 0 spiro atoms. The molecule has 27 heavy (non-hydrogen) atoms. The van der Waals surface area contributed by atoms with Crippen LogP contribution in [0.2, 0.25) is 0 Å². The van der Waals surface area contributed by atoms with E-state index in [1.807, 2.05) is 24.3 Å². The topological polar surface area (TPSA) is 70.6 Å². The standard InChI is InChI=1S/C20H27N5O2/c1-3-24-9-11-25(12-10-24)19-15-22-18(14-23-19)20(26)21-8-7-16-5-4-6-17(13-16)27-2/h4-6,13-15H,3,7-12H2,1-2H3,(H,21,26). The second-order valence-corrected chi connectivity index (χ2v) is 6.54. The van der Waals surface area contributed by atoms with E-state index in [0.717, 1.165) is 56.3 Å². The minimum absolute atomic E-state index is 0.201. The maximum atomic E-state index is 12.3. The van der Waals surface area contributed by atoms with Crippen molar-refractivity contribution in [1.29, 1.82) is 0 Å². The third-order valence-electron chi connectivity index (χ3n) is 4.85. The molecule has 2 aromatic rings. The van der Waals surface area contributed by atoms with Gasteiger partial charge in [-0.15, -0.1) is 0 Å². The number of piperazine rings is 1. The van der Waals surface area contributed by atoms with Gasteiger partial charge >= 0.3 is 0 Å². The van der Waals surface area contributed by atoms with Crippen LogP contribution in [0.1, 0.15) is 23.0 Å². The Labute approximate surface area is 160 Å². The average Bonchev–Trinajstić information content (AvgIpc) is 2.74. The molecule has 1 N–H and O–H groups in total. The number of anilines is 1. The Balaban J connectivity index is 1.48. The van der Waals surface area contributed by atoms with Gasteiger partial charge in [0.05, 0.1) is 19.5 Å². The average molecular weight is 369 g/mol. The number of nitrogens with zero attached hydrogens (tertiary/aromatic N) is 4. The lowest BCUT2D eigenvalue weighted by molar-refractivity contribution is 0.0949. The summed E-state index contributed by atoms with van der Waals surface area (Å²) < 4.78 is 5.21. The Morgan fingerprint density at radius 1 is 1.19 bits per heavy atom. The van der Waals surface area contributed by atoms with Crippen LogP contribution in [-0.2, 0) is 6.42 Å². The Kier molecular flexibility index (Phi) is 6.59. The molecule has 1 saturated heterocycles. The predicted molar refractivity (Wildman–Crippen MR) is 105 cm³/mol. The molecule has 144 valence electrons. The molecule has 7 nitrogen and oxygen atoms in total. The van der Waals surface area contributed by atoms with Crippen LogP contribution in [0.15, 0.2) is 36.7 Å². The highest BCUT2D eigenvalue weighted by Crippen LogP contribution is 2.13. The first-order chi connectivity index (χ1) is 13.2. The summed E-state index contributed by atoms with van der Waals surface area (Å²) in [7, 11) is 1.65. The van der Waals surface area contributed by atoms with Gasteiger partial charge < -0.3 is 19.9 Å². The van der Waals surface area contributed by atoms with E-state index in [0.29, 0.717) is 12.2 Å². The number of carbonyl (C=O) groups is 1. The minimum Gasteiger partial charge on any atom is -0.497 e. The van der Waals surface area contributed by atoms with Gasteiger partial charge in [-0.25, -0.2) is 9.97 Å². The number of likely N-dealkylation sites (N-methyl/N-ethyl adjacent to an activating group) is 1. The lowest BCUT2D eigenvalue weighted by Crippen LogP contribution is -2.46. The van der Waals surface area contributed by atoms with Gasteiger partial charge in [0, 0.05) is 32.7 Å². The minimum atomic E-state index is -0.201. The second-order valence-electron chi connectivity index (χ2n) is 6.54. The molecule has 7 heteroatoms. The van der Waals surface area contributed by atoms with Gasteiger partial charge in [-0.1, -0.05) is 19.1 Å². The fraction of sp³-hybridized carbons (Fsp3) is 0.450. The Bertz CT molecular complexity index is 742. The fourth-order valence-electron chi connectivity index (χ4n) is 3.13. The SMILES string of the molecule is CCN1CCN(c2cnc(C(=O)NCCc3cccc(OC)c3)cn2)CC1. The summed E-state index contributed by atoms with van der Waals surface area (Å²) in [6.45, 7) is 7.73. The zero-order chi connectivity index (χ0) is 19.1. The van der Waals surface area contributed by atoms with E-state index in [-0.39, 0.29) is 5.91 Å². The van der Waals surface area contributed by atoms with Crippen molar-refractivity contribution in [2.24, 2.45) is 0 Å². The van der Waals surface area contributed by atoms with Crippen molar-refractivity contribution in [1.82, 2.24) is 20.2 Å². The van der Waals surface area contributed by atoms with Crippen LogP contribution in [0.5, 0.6) is 5.75 Å². The van der Waals surface area contributed by atoms with E-state index >= 15 is 0 Å². The molecule has 0 radical (unpaired) electrons. The number of ether oxygens (including phenoxy) is 1. The van der Waals surface area contributed by atoms with Crippen LogP contribution in [0.4, 0.5) is 5.82 Å². The molecule has 1 fully saturated rings. The maximum Gasteiger partial charge on any atom is 0.271 e. The van der Waals surface area contributed by atoms with E-state index in [1.54, 1.807) is 19.5 Å². The van der Waals surface area contributed by atoms with Gasteiger partial charge in [0.15, 0.2) is 0 Å². The lowest BCUT2D eigenvalue weighted by atomic mass is 10.1. The molecule has 0 atom stereocenters. The lowest BCUT2D eigenvalue weighted by Gasteiger charge is -2.34. The molecule has 1 amide bonds. The van der Waals surface area contributed by atoms with E-state index in [2.05, 4.69) is 32.0 Å². The van der Waals surface area contributed by atoms with Crippen molar-refractivity contribution < 1.29 is 9.53 Å². The van der Waals surface area contributed by atoms with E-state index in [9.17, 15) is 4.79 Å². The fourth-order valence-corrected chi connectivity index (χ4v) is 3.13. The number of methoxy groups -OCH3 is 1. The van der Waals surface area contributed by atoms with Gasteiger partial charge in [-0.05, 0) is 30.7 Å². The number of amides is 1. The zero-order valence-electron chi connectivity index (χ0n) is 16.0. The highest BCUT2D eigenvalue weighted by Gasteiger charge is 2.17. The Morgan fingerprint density at radius 3 is 2.67 bits per heavy atom. The zero-order valence-corrected chi connectivity index (χ0v) is 16.0. The van der Waals surface area contributed by atoms with Crippen molar-refractivity contribution in [2.45, 2.75) is 13.3 Å². The highest BCUT2D eigenvalue weighted by atomic mass is 16.5. The third-order valence-corrected chi connectivity index (χ3v) is 4.85. The number of hydrogen-bond donors (Lipinski definition) is 1. The number of benzene rings is 1. The summed E-state index contributed by atoms with van der Waals surface area (Å²) in [4.78, 5) is 25.6. The largest absolute Gasteiger partial charge is 0.497 e. The molecular weight excluding hydrogens is 342 g/mol. The first kappa shape index (κ1) is 19.1. The monoisotopic (exact) mass is 369 g/mol. The van der Waals surface area contributed by atoms with Crippen LogP contribution in [0.25, 0.3) is 0 Å². The van der Waals surface area contributed by atoms with Gasteiger partial charge in [0.2, 0.25) is 0 Å². The summed E-state index contributed by atoms with van der Waals surface area (Å²) in [5.41, 5.74) is 1.46. The van der Waals surface area contributed by atoms with Crippen molar-refractivity contribution in [3.8, 4) is 5.75 Å². The molecule has 1 aliphatic rings. The van der Waals surface area contributed by atoms with Gasteiger partial charge in [0.1, 0.15) is 17.3 Å². The third kappa shape index (κ3) is 5.17. The van der Waals surface area contributed by atoms with Crippen molar-refractivity contribution in [3.05, 3.63) is 47.9 Å². The van der Waals surface area contributed by atoms with Crippen molar-refractivity contribution >= 4 is 11.7 Å². The number of aromatic nitrogens is 2. The normalized spacial score (nSPS) is 14.8. The van der Waals surface area contributed by atoms with Gasteiger partial charge in [0.25, 0.3) is 5.91 Å². The van der Waals surface area contributed by atoms with Gasteiger partial charge in [-0.3, -0.25) is 4.79 Å². The first-order valence-electron chi connectivity index (χ1n) is 9.40. The van der Waals surface area contributed by atoms with Crippen LogP contribution < -0.4 is 15.0 Å². The second kappa shape index (κ2) is 9.32. The number of nitrogens with one attached hydrogen (secondary N) is 1. The molecule has 2 heterocycles. The summed E-state index contributed by atoms with van der Waals surface area (Å²) in [5, 5.41) is 2.89. The summed E-state index contributed by atoms with van der Waals surface area (Å²) in [5.74, 6) is 1.45. The molecule has 0 saturated carbocycles. The Hall–Kier alpha value is -2.67. The highest BCUT2D eigenvalue weighted by molar-refractivity contribution is 5.92. The summed E-state index contributed by atoms with van der Waals surface area (Å²) >= 11 is 0. The first-order valence-corrected chi connectivity index (χ1v) is 9.40. The van der Waals surface area contributed by atoms with E-state index < -0.39 is 0 Å². The molecule has 0 aliphatic carbocycles. The maximum absolute atomic E-state index is 12.3. The molecule has 1 aliphatic heterocycles. The van der Waals surface area contributed by atoms with Crippen molar-refractivity contribution in [3.63, 3.8) is 0 Å². The summed E-state index contributed by atoms with van der Waals surface area (Å²) in [6.07, 6.45) is 3.98. The van der Waals surface area contributed by atoms with Crippen LogP contribution in [0, 0.1) is 0 Å². The molecule has 0 bridgehead atoms. The molecule has 0 unspecified atom stereocenters. The molecular formula is C20H27N5O2. The molecule has 1 aromatic heterocycles. The van der Waals surface area contributed by atoms with Crippen LogP contribution in [0.3, 0.4) is 0 Å². The predicted octanol–water partition coefficient (Wildman–Crippen LogP) is 1.60. The Morgan fingerprint density at radius 2 is 2.00 bits per heavy atom. The van der Waals surface area contributed by atoms with Gasteiger partial charge in [-0.2, -0.15) is 0 Å². The molecule has 1 aromatic carbocycles. The quantitative estimate of drug-likeness (QED) is 0.799. The van der Waals surface area contributed by atoms with Crippen LogP contribution >= 0.6 is 0 Å². The molecule has 3 rings (SSSR count).